The zero-order valence-corrected chi connectivity index (χ0v) is 25.2. The molecular weight excluding hydrogens is 565 g/mol. The molecule has 0 amide bonds. The van der Waals surface area contributed by atoms with E-state index < -0.39 is 75.0 Å². The van der Waals surface area contributed by atoms with E-state index >= 15 is 0 Å². The first-order valence-electron chi connectivity index (χ1n) is 12.9. The van der Waals surface area contributed by atoms with Gasteiger partial charge in [-0.2, -0.15) is 4.98 Å². The number of carbonyl (C=O) groups is 2. The molecular formula is C24H38N5O11P. The summed E-state index contributed by atoms with van der Waals surface area (Å²) in [6, 6.07) is -1.13. The van der Waals surface area contributed by atoms with Crippen LogP contribution in [0.3, 0.4) is 0 Å². The van der Waals surface area contributed by atoms with E-state index in [9.17, 15) is 24.4 Å². The van der Waals surface area contributed by atoms with Crippen LogP contribution in [0.2, 0.25) is 0 Å². The second kappa shape index (κ2) is 13.1. The number of methoxy groups -OCH3 is 2. The normalized spacial score (nSPS) is 24.9. The lowest BCUT2D eigenvalue weighted by atomic mass is 9.96. The molecule has 0 spiro atoms. The SMILES string of the molecule is COC(=O)[C@@H](NP(=O)(OCC(=O)OC(C)C)OC[C@H]1O[C@@H](n2cnc3c(OC)nc(C)nc32)[C@@](C)(O)C1O)C(C)C. The van der Waals surface area contributed by atoms with Gasteiger partial charge in [0.2, 0.25) is 5.88 Å². The average Bonchev–Trinajstić information content (AvgIpc) is 3.41. The van der Waals surface area contributed by atoms with Crippen LogP contribution in [0.1, 0.15) is 46.7 Å². The van der Waals surface area contributed by atoms with Gasteiger partial charge in [-0.15, -0.1) is 0 Å². The van der Waals surface area contributed by atoms with Gasteiger partial charge in [0, 0.05) is 0 Å². The van der Waals surface area contributed by atoms with Crippen LogP contribution in [0.5, 0.6) is 5.88 Å². The maximum Gasteiger partial charge on any atom is 0.406 e. The van der Waals surface area contributed by atoms with E-state index in [0.29, 0.717) is 11.3 Å². The molecule has 0 saturated carbocycles. The number of imidazole rings is 1. The number of nitrogens with one attached hydrogen (secondary N) is 1. The van der Waals surface area contributed by atoms with Gasteiger partial charge in [0.15, 0.2) is 24.0 Å². The number of hydrogen-bond donors (Lipinski definition) is 3. The number of carbonyl (C=O) groups excluding carboxylic acids is 2. The number of fused-ring (bicyclic) bond motifs is 1. The van der Waals surface area contributed by atoms with Crippen molar-refractivity contribution in [2.45, 2.75) is 77.7 Å². The zero-order chi connectivity index (χ0) is 30.7. The second-order valence-corrected chi connectivity index (χ2v) is 12.1. The van der Waals surface area contributed by atoms with Crippen LogP contribution in [0, 0.1) is 12.8 Å². The molecule has 1 fully saturated rings. The number of aryl methyl sites for hydroxylation is 1. The number of ether oxygens (including phenoxy) is 4. The number of aliphatic hydroxyl groups is 2. The summed E-state index contributed by atoms with van der Waals surface area (Å²) < 4.78 is 47.0. The van der Waals surface area contributed by atoms with Gasteiger partial charge in [-0.05, 0) is 33.6 Å². The van der Waals surface area contributed by atoms with Crippen molar-refractivity contribution in [1.29, 1.82) is 0 Å². The standard InChI is InChI=1S/C24H38N5O11P/c1-12(2)17(22(32)36-8)28-41(34,38-10-16(30)39-13(3)4)37-9-15-19(31)24(6,33)23(40-15)29-11-25-18-20(29)26-14(5)27-21(18)35-7/h11-13,15,17,19,23,31,33H,9-10H2,1-8H3,(H,28,34)/t15-,17+,19?,23-,24+,41?/m1/s1. The first kappa shape index (κ1) is 32.8. The number of aromatic nitrogens is 4. The van der Waals surface area contributed by atoms with Crippen molar-refractivity contribution in [3.63, 3.8) is 0 Å². The molecule has 3 N–H and O–H groups in total. The van der Waals surface area contributed by atoms with Crippen LogP contribution in [-0.2, 0) is 37.4 Å². The first-order chi connectivity index (χ1) is 19.1. The van der Waals surface area contributed by atoms with Crippen LogP contribution >= 0.6 is 7.75 Å². The second-order valence-electron chi connectivity index (χ2n) is 10.3. The molecule has 2 aromatic rings. The monoisotopic (exact) mass is 603 g/mol. The quantitative estimate of drug-likeness (QED) is 0.216. The van der Waals surface area contributed by atoms with Gasteiger partial charge in [0.25, 0.3) is 0 Å². The molecule has 0 aliphatic carbocycles. The van der Waals surface area contributed by atoms with Crippen molar-refractivity contribution in [3.8, 4) is 5.88 Å². The van der Waals surface area contributed by atoms with Crippen molar-refractivity contribution in [2.75, 3.05) is 27.4 Å². The van der Waals surface area contributed by atoms with E-state index in [-0.39, 0.29) is 11.5 Å². The summed E-state index contributed by atoms with van der Waals surface area (Å²) in [5.41, 5.74) is -1.30. The highest BCUT2D eigenvalue weighted by atomic mass is 31.2. The highest BCUT2D eigenvalue weighted by Gasteiger charge is 2.54. The molecule has 1 aliphatic rings. The third-order valence-corrected chi connectivity index (χ3v) is 7.80. The van der Waals surface area contributed by atoms with Gasteiger partial charge in [0.05, 0.1) is 33.3 Å². The molecule has 0 bridgehead atoms. The topological polar surface area (TPSA) is 203 Å². The molecule has 3 rings (SSSR count). The summed E-state index contributed by atoms with van der Waals surface area (Å²) in [5, 5.41) is 24.7. The van der Waals surface area contributed by atoms with Crippen molar-refractivity contribution in [2.24, 2.45) is 5.92 Å². The smallest absolute Gasteiger partial charge is 0.406 e. The Morgan fingerprint density at radius 3 is 2.49 bits per heavy atom. The van der Waals surface area contributed by atoms with E-state index in [1.165, 1.54) is 32.0 Å². The van der Waals surface area contributed by atoms with Crippen molar-refractivity contribution in [3.05, 3.63) is 12.2 Å². The van der Waals surface area contributed by atoms with Crippen LogP contribution in [0.15, 0.2) is 6.33 Å². The highest BCUT2D eigenvalue weighted by Crippen LogP contribution is 2.47. The van der Waals surface area contributed by atoms with Crippen molar-refractivity contribution < 1.29 is 52.4 Å². The fourth-order valence-corrected chi connectivity index (χ4v) is 5.76. The molecule has 1 saturated heterocycles. The molecule has 0 radical (unpaired) electrons. The van der Waals surface area contributed by atoms with E-state index in [2.05, 4.69) is 20.0 Å². The predicted octanol–water partition coefficient (Wildman–Crippen LogP) is 1.03. The molecule has 1 aliphatic heterocycles. The van der Waals surface area contributed by atoms with Gasteiger partial charge >= 0.3 is 19.7 Å². The Morgan fingerprint density at radius 2 is 1.90 bits per heavy atom. The highest BCUT2D eigenvalue weighted by molar-refractivity contribution is 7.51. The number of hydrogen-bond acceptors (Lipinski definition) is 14. The van der Waals surface area contributed by atoms with Crippen LogP contribution in [0.25, 0.3) is 11.2 Å². The third-order valence-electron chi connectivity index (χ3n) is 6.25. The number of aliphatic hydroxyl groups excluding tert-OH is 1. The van der Waals surface area contributed by atoms with Crippen LogP contribution in [0.4, 0.5) is 0 Å². The Labute approximate surface area is 237 Å². The summed E-state index contributed by atoms with van der Waals surface area (Å²) in [6.07, 6.45) is -3.09. The third kappa shape index (κ3) is 7.38. The average molecular weight is 604 g/mol. The number of rotatable bonds is 13. The van der Waals surface area contributed by atoms with Crippen molar-refractivity contribution >= 4 is 30.8 Å². The predicted molar refractivity (Wildman–Crippen MR) is 142 cm³/mol. The van der Waals surface area contributed by atoms with Gasteiger partial charge < -0.3 is 29.2 Å². The molecule has 41 heavy (non-hydrogen) atoms. The lowest BCUT2D eigenvalue weighted by Gasteiger charge is -2.28. The minimum atomic E-state index is -4.43. The molecule has 6 atom stereocenters. The summed E-state index contributed by atoms with van der Waals surface area (Å²) in [5.74, 6) is -1.38. The van der Waals surface area contributed by atoms with Crippen LogP contribution < -0.4 is 9.82 Å². The summed E-state index contributed by atoms with van der Waals surface area (Å²) in [7, 11) is -1.83. The maximum atomic E-state index is 13.7. The first-order valence-corrected chi connectivity index (χ1v) is 14.4. The van der Waals surface area contributed by atoms with E-state index in [0.717, 1.165) is 0 Å². The zero-order valence-electron chi connectivity index (χ0n) is 24.3. The Bertz CT molecular complexity index is 1280. The van der Waals surface area contributed by atoms with Gasteiger partial charge in [0.1, 0.15) is 29.7 Å². The largest absolute Gasteiger partial charge is 0.479 e. The number of nitrogens with zero attached hydrogens (tertiary/aromatic N) is 4. The minimum Gasteiger partial charge on any atom is -0.479 e. The van der Waals surface area contributed by atoms with E-state index in [1.54, 1.807) is 34.6 Å². The number of esters is 2. The lowest BCUT2D eigenvalue weighted by Crippen LogP contribution is -2.45. The molecule has 230 valence electrons. The Morgan fingerprint density at radius 1 is 1.22 bits per heavy atom. The summed E-state index contributed by atoms with van der Waals surface area (Å²) in [6.45, 7) is 8.28. The molecule has 2 aromatic heterocycles. The Balaban J connectivity index is 1.85. The minimum absolute atomic E-state index is 0.217. The molecule has 3 heterocycles. The fraction of sp³-hybridized carbons (Fsp3) is 0.708. The van der Waals surface area contributed by atoms with Crippen molar-refractivity contribution in [1.82, 2.24) is 24.6 Å². The molecule has 16 nitrogen and oxygen atoms in total. The summed E-state index contributed by atoms with van der Waals surface area (Å²) >= 11 is 0. The Hall–Kier alpha value is -2.72. The van der Waals surface area contributed by atoms with Gasteiger partial charge in [-0.1, -0.05) is 13.8 Å². The molecule has 2 unspecified atom stereocenters. The lowest BCUT2D eigenvalue weighted by molar-refractivity contribution is -0.150. The fourth-order valence-electron chi connectivity index (χ4n) is 4.18. The maximum absolute atomic E-state index is 13.7. The van der Waals surface area contributed by atoms with Gasteiger partial charge in [-0.3, -0.25) is 18.4 Å². The molecule has 0 aromatic carbocycles. The van der Waals surface area contributed by atoms with Gasteiger partial charge in [-0.25, -0.2) is 24.4 Å². The van der Waals surface area contributed by atoms with E-state index in [4.69, 9.17) is 28.0 Å². The summed E-state index contributed by atoms with van der Waals surface area (Å²) in [4.78, 5) is 37.2. The van der Waals surface area contributed by atoms with E-state index in [1.807, 2.05) is 0 Å². The molecule has 17 heteroatoms. The van der Waals surface area contributed by atoms with Crippen LogP contribution in [-0.4, -0.2) is 99.1 Å². The Kier molecular flexibility index (Phi) is 10.5.